The van der Waals surface area contributed by atoms with Gasteiger partial charge in [-0.15, -0.1) is 5.10 Å². The third-order valence-corrected chi connectivity index (χ3v) is 2.23. The molecule has 6 nitrogen and oxygen atoms in total. The van der Waals surface area contributed by atoms with Crippen LogP contribution in [-0.4, -0.2) is 38.1 Å². The third kappa shape index (κ3) is 2.18. The fraction of sp³-hybridized carbons (Fsp3) is 0.500. The Balaban J connectivity index is 2.79. The van der Waals surface area contributed by atoms with Gasteiger partial charge in [0, 0.05) is 14.1 Å². The predicted molar refractivity (Wildman–Crippen MR) is 48.2 cm³/mol. The molecule has 1 aromatic heterocycles. The van der Waals surface area contributed by atoms with Gasteiger partial charge in [-0.1, -0.05) is 5.21 Å². The summed E-state index contributed by atoms with van der Waals surface area (Å²) in [6.45, 7) is 0.263. The highest BCUT2D eigenvalue weighted by atomic mass is 79.9. The maximum Gasteiger partial charge on any atom is 0.407 e. The smallest absolute Gasteiger partial charge is 0.407 e. The number of aryl methyl sites for hydroxylation is 1. The second kappa shape index (κ2) is 3.73. The van der Waals surface area contributed by atoms with Gasteiger partial charge in [-0.2, -0.15) is 0 Å². The van der Waals surface area contributed by atoms with Crippen molar-refractivity contribution < 1.29 is 9.90 Å². The summed E-state index contributed by atoms with van der Waals surface area (Å²) >= 11 is 3.18. The molecule has 1 amide bonds. The Labute approximate surface area is 83.3 Å². The van der Waals surface area contributed by atoms with Gasteiger partial charge >= 0.3 is 6.09 Å². The van der Waals surface area contributed by atoms with E-state index >= 15 is 0 Å². The van der Waals surface area contributed by atoms with Gasteiger partial charge in [-0.3, -0.25) is 0 Å². The molecule has 0 aliphatic carbocycles. The van der Waals surface area contributed by atoms with Crippen LogP contribution < -0.4 is 0 Å². The molecule has 0 saturated carbocycles. The molecule has 0 aromatic carbocycles. The first-order valence-electron chi connectivity index (χ1n) is 3.50. The van der Waals surface area contributed by atoms with E-state index in [4.69, 9.17) is 5.11 Å². The molecule has 0 bridgehead atoms. The van der Waals surface area contributed by atoms with Gasteiger partial charge in [0.1, 0.15) is 0 Å². The van der Waals surface area contributed by atoms with E-state index in [1.165, 1.54) is 11.7 Å². The Bertz CT molecular complexity index is 305. The molecular weight excluding hydrogens is 240 g/mol. The third-order valence-electron chi connectivity index (χ3n) is 1.61. The van der Waals surface area contributed by atoms with Gasteiger partial charge in [0.2, 0.25) is 0 Å². The topological polar surface area (TPSA) is 71.2 Å². The first-order chi connectivity index (χ1) is 6.02. The largest absolute Gasteiger partial charge is 0.465 e. The first-order valence-corrected chi connectivity index (χ1v) is 4.29. The van der Waals surface area contributed by atoms with Crippen LogP contribution in [0.25, 0.3) is 0 Å². The lowest BCUT2D eigenvalue weighted by atomic mass is 10.4. The molecular formula is C6H9BrN4O2. The van der Waals surface area contributed by atoms with Crippen LogP contribution in [-0.2, 0) is 13.6 Å². The number of carboxylic acid groups (broad SMARTS) is 1. The van der Waals surface area contributed by atoms with Gasteiger partial charge in [-0.05, 0) is 15.9 Å². The number of hydrogen-bond donors (Lipinski definition) is 1. The molecule has 72 valence electrons. The average molecular weight is 249 g/mol. The minimum atomic E-state index is -0.979. The second-order valence-electron chi connectivity index (χ2n) is 2.59. The van der Waals surface area contributed by atoms with Crippen LogP contribution in [0.5, 0.6) is 0 Å². The molecule has 1 heterocycles. The number of hydrogen-bond acceptors (Lipinski definition) is 3. The molecule has 7 heteroatoms. The average Bonchev–Trinajstić information content (AvgIpc) is 2.35. The molecule has 13 heavy (non-hydrogen) atoms. The molecule has 1 aromatic rings. The fourth-order valence-electron chi connectivity index (χ4n) is 0.811. The van der Waals surface area contributed by atoms with Gasteiger partial charge < -0.3 is 10.0 Å². The molecule has 0 fully saturated rings. The van der Waals surface area contributed by atoms with Gasteiger partial charge in [0.25, 0.3) is 0 Å². The summed E-state index contributed by atoms with van der Waals surface area (Å²) in [6, 6.07) is 0. The highest BCUT2D eigenvalue weighted by Gasteiger charge is 2.13. The van der Waals surface area contributed by atoms with Gasteiger partial charge in [0.15, 0.2) is 4.60 Å². The van der Waals surface area contributed by atoms with E-state index in [1.807, 2.05) is 0 Å². The Morgan fingerprint density at radius 2 is 2.38 bits per heavy atom. The minimum absolute atomic E-state index is 0.263. The van der Waals surface area contributed by atoms with E-state index in [1.54, 1.807) is 7.05 Å². The number of amides is 1. The summed E-state index contributed by atoms with van der Waals surface area (Å²) in [4.78, 5) is 11.7. The zero-order chi connectivity index (χ0) is 10.0. The minimum Gasteiger partial charge on any atom is -0.465 e. The highest BCUT2D eigenvalue weighted by Crippen LogP contribution is 2.13. The molecule has 1 N–H and O–H groups in total. The fourth-order valence-corrected chi connectivity index (χ4v) is 1.26. The molecule has 1 rings (SSSR count). The quantitative estimate of drug-likeness (QED) is 0.836. The van der Waals surface area contributed by atoms with Crippen molar-refractivity contribution in [3.63, 3.8) is 0 Å². The predicted octanol–water partition coefficient (Wildman–Crippen LogP) is 0.687. The Kier molecular flexibility index (Phi) is 2.86. The van der Waals surface area contributed by atoms with E-state index < -0.39 is 6.09 Å². The summed E-state index contributed by atoms with van der Waals surface area (Å²) in [6.07, 6.45) is -0.979. The number of rotatable bonds is 2. The number of halogens is 1. The van der Waals surface area contributed by atoms with E-state index in [-0.39, 0.29) is 6.54 Å². The van der Waals surface area contributed by atoms with Crippen molar-refractivity contribution in [1.29, 1.82) is 0 Å². The monoisotopic (exact) mass is 248 g/mol. The lowest BCUT2D eigenvalue weighted by molar-refractivity contribution is 0.152. The van der Waals surface area contributed by atoms with Crippen LogP contribution in [0.1, 0.15) is 5.69 Å². The summed E-state index contributed by atoms with van der Waals surface area (Å²) in [7, 11) is 3.20. The molecule has 0 radical (unpaired) electrons. The number of nitrogens with zero attached hydrogens (tertiary/aromatic N) is 4. The standard InChI is InChI=1S/C6H9BrN4O2/c1-10(6(12)13)3-4-5(7)8-9-11(4)2/h3H2,1-2H3,(H,12,13). The second-order valence-corrected chi connectivity index (χ2v) is 3.34. The van der Waals surface area contributed by atoms with Crippen molar-refractivity contribution in [2.45, 2.75) is 6.54 Å². The molecule has 0 spiro atoms. The van der Waals surface area contributed by atoms with Crippen LogP contribution in [0.3, 0.4) is 0 Å². The molecule has 0 unspecified atom stereocenters. The number of carbonyl (C=O) groups is 1. The maximum atomic E-state index is 10.5. The van der Waals surface area contributed by atoms with E-state index in [0.29, 0.717) is 4.60 Å². The van der Waals surface area contributed by atoms with E-state index in [0.717, 1.165) is 10.6 Å². The molecule has 0 atom stereocenters. The summed E-state index contributed by atoms with van der Waals surface area (Å²) in [5.74, 6) is 0. The Morgan fingerprint density at radius 1 is 1.77 bits per heavy atom. The maximum absolute atomic E-state index is 10.5. The molecule has 0 saturated heterocycles. The van der Waals surface area contributed by atoms with Gasteiger partial charge in [0.05, 0.1) is 12.2 Å². The van der Waals surface area contributed by atoms with Gasteiger partial charge in [-0.25, -0.2) is 9.48 Å². The summed E-state index contributed by atoms with van der Waals surface area (Å²) < 4.78 is 2.10. The summed E-state index contributed by atoms with van der Waals surface area (Å²) in [5, 5.41) is 16.1. The van der Waals surface area contributed by atoms with Crippen LogP contribution >= 0.6 is 15.9 Å². The van der Waals surface area contributed by atoms with Crippen molar-refractivity contribution in [3.8, 4) is 0 Å². The SMILES string of the molecule is CN(Cc1c(Br)nnn1C)C(=O)O. The lowest BCUT2D eigenvalue weighted by Gasteiger charge is -2.12. The van der Waals surface area contributed by atoms with Crippen molar-refractivity contribution in [1.82, 2.24) is 19.9 Å². The van der Waals surface area contributed by atoms with Crippen molar-refractivity contribution >= 4 is 22.0 Å². The van der Waals surface area contributed by atoms with Crippen molar-refractivity contribution in [2.75, 3.05) is 7.05 Å². The van der Waals surface area contributed by atoms with Crippen molar-refractivity contribution in [2.24, 2.45) is 7.05 Å². The molecule has 0 aliphatic rings. The highest BCUT2D eigenvalue weighted by molar-refractivity contribution is 9.10. The molecule has 0 aliphatic heterocycles. The van der Waals surface area contributed by atoms with E-state index in [9.17, 15) is 4.79 Å². The zero-order valence-electron chi connectivity index (χ0n) is 7.23. The lowest BCUT2D eigenvalue weighted by Crippen LogP contribution is -2.25. The number of aromatic nitrogens is 3. The van der Waals surface area contributed by atoms with Crippen LogP contribution in [0.15, 0.2) is 4.60 Å². The van der Waals surface area contributed by atoms with E-state index in [2.05, 4.69) is 26.2 Å². The Hall–Kier alpha value is -1.11. The van der Waals surface area contributed by atoms with Crippen LogP contribution in [0, 0.1) is 0 Å². The zero-order valence-corrected chi connectivity index (χ0v) is 8.82. The first kappa shape index (κ1) is 9.97. The Morgan fingerprint density at radius 3 is 2.77 bits per heavy atom. The normalized spacial score (nSPS) is 10.1. The van der Waals surface area contributed by atoms with Crippen LogP contribution in [0.4, 0.5) is 4.79 Å². The van der Waals surface area contributed by atoms with Crippen LogP contribution in [0.2, 0.25) is 0 Å². The summed E-state index contributed by atoms with van der Waals surface area (Å²) in [5.41, 5.74) is 0.727. The van der Waals surface area contributed by atoms with Crippen molar-refractivity contribution in [3.05, 3.63) is 10.3 Å².